The van der Waals surface area contributed by atoms with Gasteiger partial charge in [0.25, 0.3) is 0 Å². The van der Waals surface area contributed by atoms with Crippen LogP contribution in [0.5, 0.6) is 0 Å². The first kappa shape index (κ1) is 14.2. The topological polar surface area (TPSA) is 26.0 Å². The number of hydrogen-bond acceptors (Lipinski definition) is 1. The summed E-state index contributed by atoms with van der Waals surface area (Å²) in [4.78, 5) is 0. The van der Waals surface area contributed by atoms with E-state index >= 15 is 0 Å². The maximum atomic E-state index is 13.8. The van der Waals surface area contributed by atoms with Crippen molar-refractivity contribution in [3.05, 3.63) is 69.2 Å². The third kappa shape index (κ3) is 3.39. The lowest BCUT2D eigenvalue weighted by Gasteiger charge is -2.14. The highest BCUT2D eigenvalue weighted by Gasteiger charge is 2.14. The average Bonchev–Trinajstić information content (AvgIpc) is 2.33. The molecule has 1 atom stereocenters. The van der Waals surface area contributed by atoms with Gasteiger partial charge in [0.2, 0.25) is 0 Å². The third-order valence-electron chi connectivity index (χ3n) is 3.00. The minimum Gasteiger partial charge on any atom is -0.324 e. The first-order valence-corrected chi connectivity index (χ1v) is 6.72. The van der Waals surface area contributed by atoms with Crippen molar-refractivity contribution in [1.29, 1.82) is 0 Å². The highest BCUT2D eigenvalue weighted by Crippen LogP contribution is 2.23. The van der Waals surface area contributed by atoms with Crippen LogP contribution in [0.1, 0.15) is 22.7 Å². The summed E-state index contributed by atoms with van der Waals surface area (Å²) >= 11 is 3.28. The normalized spacial score (nSPS) is 12.5. The van der Waals surface area contributed by atoms with Crippen molar-refractivity contribution in [2.45, 2.75) is 19.4 Å². The van der Waals surface area contributed by atoms with Crippen LogP contribution in [0.2, 0.25) is 0 Å². The summed E-state index contributed by atoms with van der Waals surface area (Å²) in [6.07, 6.45) is 0.255. The number of rotatable bonds is 3. The minimum absolute atomic E-state index is 0.255. The monoisotopic (exact) mass is 325 g/mol. The van der Waals surface area contributed by atoms with Crippen LogP contribution in [0.25, 0.3) is 0 Å². The Morgan fingerprint density at radius 1 is 1.11 bits per heavy atom. The molecule has 0 radical (unpaired) electrons. The minimum atomic E-state index is -0.565. The Bertz CT molecular complexity index is 599. The second-order valence-corrected chi connectivity index (χ2v) is 5.49. The molecule has 1 nitrogen and oxygen atoms in total. The van der Waals surface area contributed by atoms with Gasteiger partial charge in [-0.3, -0.25) is 0 Å². The van der Waals surface area contributed by atoms with Gasteiger partial charge in [0.1, 0.15) is 11.6 Å². The van der Waals surface area contributed by atoms with E-state index in [0.29, 0.717) is 11.1 Å². The predicted molar refractivity (Wildman–Crippen MR) is 75.9 cm³/mol. The van der Waals surface area contributed by atoms with Crippen LogP contribution in [-0.4, -0.2) is 0 Å². The molecule has 0 aromatic heterocycles. The highest BCUT2D eigenvalue weighted by molar-refractivity contribution is 9.10. The first-order valence-electron chi connectivity index (χ1n) is 5.93. The Hall–Kier alpha value is -1.26. The number of halogens is 3. The molecule has 0 amide bonds. The van der Waals surface area contributed by atoms with E-state index in [2.05, 4.69) is 15.9 Å². The molecule has 2 N–H and O–H groups in total. The van der Waals surface area contributed by atoms with Gasteiger partial charge in [0.15, 0.2) is 0 Å². The molecule has 2 aromatic carbocycles. The van der Waals surface area contributed by atoms with E-state index in [-0.39, 0.29) is 18.1 Å². The lowest BCUT2D eigenvalue weighted by atomic mass is 9.98. The molecule has 0 heterocycles. The molecule has 100 valence electrons. The summed E-state index contributed by atoms with van der Waals surface area (Å²) < 4.78 is 28.2. The lowest BCUT2D eigenvalue weighted by Crippen LogP contribution is -2.16. The van der Waals surface area contributed by atoms with Gasteiger partial charge in [0.05, 0.1) is 0 Å². The fourth-order valence-electron chi connectivity index (χ4n) is 1.98. The molecule has 19 heavy (non-hydrogen) atoms. The molecule has 0 spiro atoms. The third-order valence-corrected chi connectivity index (χ3v) is 3.50. The molecule has 0 aliphatic heterocycles. The molecular weight excluding hydrogens is 312 g/mol. The Morgan fingerprint density at radius 2 is 1.84 bits per heavy atom. The largest absolute Gasteiger partial charge is 0.324 e. The van der Waals surface area contributed by atoms with Crippen molar-refractivity contribution >= 4 is 15.9 Å². The summed E-state index contributed by atoms with van der Waals surface area (Å²) in [6, 6.07) is 8.99. The van der Waals surface area contributed by atoms with Gasteiger partial charge in [-0.25, -0.2) is 8.78 Å². The van der Waals surface area contributed by atoms with Crippen molar-refractivity contribution in [1.82, 2.24) is 0 Å². The van der Waals surface area contributed by atoms with Crippen molar-refractivity contribution in [2.24, 2.45) is 5.73 Å². The van der Waals surface area contributed by atoms with Crippen molar-refractivity contribution in [3.63, 3.8) is 0 Å². The van der Waals surface area contributed by atoms with Crippen LogP contribution in [0.3, 0.4) is 0 Å². The van der Waals surface area contributed by atoms with Gasteiger partial charge < -0.3 is 5.73 Å². The summed E-state index contributed by atoms with van der Waals surface area (Å²) in [6.45, 7) is 1.81. The molecule has 0 saturated carbocycles. The van der Waals surface area contributed by atoms with Crippen molar-refractivity contribution in [2.75, 3.05) is 0 Å². The molecule has 4 heteroatoms. The Labute approximate surface area is 119 Å². The van der Waals surface area contributed by atoms with Crippen LogP contribution >= 0.6 is 15.9 Å². The molecule has 0 bridgehead atoms. The second kappa shape index (κ2) is 5.80. The van der Waals surface area contributed by atoms with Crippen LogP contribution < -0.4 is 5.73 Å². The summed E-state index contributed by atoms with van der Waals surface area (Å²) in [7, 11) is 0. The van der Waals surface area contributed by atoms with Gasteiger partial charge >= 0.3 is 0 Å². The van der Waals surface area contributed by atoms with E-state index < -0.39 is 6.04 Å². The quantitative estimate of drug-likeness (QED) is 0.895. The molecule has 2 rings (SSSR count). The maximum Gasteiger partial charge on any atom is 0.128 e. The number of benzene rings is 2. The van der Waals surface area contributed by atoms with E-state index in [4.69, 9.17) is 5.73 Å². The molecule has 1 unspecified atom stereocenters. The van der Waals surface area contributed by atoms with Gasteiger partial charge in [-0.15, -0.1) is 0 Å². The fraction of sp³-hybridized carbons (Fsp3) is 0.200. The summed E-state index contributed by atoms with van der Waals surface area (Å²) in [5.74, 6) is -0.672. The van der Waals surface area contributed by atoms with E-state index in [1.165, 1.54) is 12.1 Å². The van der Waals surface area contributed by atoms with Crippen LogP contribution in [0.4, 0.5) is 8.78 Å². The van der Waals surface area contributed by atoms with Crippen molar-refractivity contribution < 1.29 is 8.78 Å². The second-order valence-electron chi connectivity index (χ2n) is 4.57. The molecule has 0 fully saturated rings. The summed E-state index contributed by atoms with van der Waals surface area (Å²) in [5.41, 5.74) is 7.69. The van der Waals surface area contributed by atoms with Crippen LogP contribution in [0, 0.1) is 18.6 Å². The zero-order valence-electron chi connectivity index (χ0n) is 10.5. The van der Waals surface area contributed by atoms with E-state index in [0.717, 1.165) is 10.0 Å². The van der Waals surface area contributed by atoms with E-state index in [1.54, 1.807) is 24.3 Å². The predicted octanol–water partition coefficient (Wildman–Crippen LogP) is 4.28. The Balaban J connectivity index is 2.25. The molecule has 2 aromatic rings. The smallest absolute Gasteiger partial charge is 0.128 e. The molecular formula is C15H14BrF2N. The van der Waals surface area contributed by atoms with Gasteiger partial charge in [0, 0.05) is 16.1 Å². The molecule has 0 aliphatic rings. The first-order chi connectivity index (χ1) is 8.97. The highest BCUT2D eigenvalue weighted by atomic mass is 79.9. The van der Waals surface area contributed by atoms with Crippen LogP contribution in [0.15, 0.2) is 40.9 Å². The Kier molecular flexibility index (Phi) is 4.32. The SMILES string of the molecule is Cc1ccc(C(N)Cc2cc(Br)ccc2F)c(F)c1. The average molecular weight is 326 g/mol. The molecule has 0 saturated heterocycles. The van der Waals surface area contributed by atoms with Gasteiger partial charge in [-0.1, -0.05) is 28.1 Å². The zero-order valence-corrected chi connectivity index (χ0v) is 12.0. The van der Waals surface area contributed by atoms with E-state index in [1.807, 2.05) is 6.92 Å². The lowest BCUT2D eigenvalue weighted by molar-refractivity contribution is 0.562. The number of aryl methyl sites for hydroxylation is 1. The standard InChI is InChI=1S/C15H14BrF2N/c1-9-2-4-12(14(18)6-9)15(19)8-10-7-11(16)3-5-13(10)17/h2-7,15H,8,19H2,1H3. The zero-order chi connectivity index (χ0) is 14.0. The fourth-order valence-corrected chi connectivity index (χ4v) is 2.39. The van der Waals surface area contributed by atoms with E-state index in [9.17, 15) is 8.78 Å². The number of hydrogen-bond donors (Lipinski definition) is 1. The van der Waals surface area contributed by atoms with Crippen molar-refractivity contribution in [3.8, 4) is 0 Å². The van der Waals surface area contributed by atoms with Gasteiger partial charge in [-0.05, 0) is 48.7 Å². The van der Waals surface area contributed by atoms with Gasteiger partial charge in [-0.2, -0.15) is 0 Å². The Morgan fingerprint density at radius 3 is 2.53 bits per heavy atom. The maximum absolute atomic E-state index is 13.8. The molecule has 0 aliphatic carbocycles. The number of nitrogens with two attached hydrogens (primary N) is 1. The van der Waals surface area contributed by atoms with Crippen LogP contribution in [-0.2, 0) is 6.42 Å². The summed E-state index contributed by atoms with van der Waals surface area (Å²) in [5, 5.41) is 0.